The maximum absolute atomic E-state index is 12.1. The lowest BCUT2D eigenvalue weighted by atomic mass is 10.1. The molecule has 19 heavy (non-hydrogen) atoms. The van der Waals surface area contributed by atoms with Gasteiger partial charge in [-0.25, -0.2) is 0 Å². The van der Waals surface area contributed by atoms with Crippen LogP contribution in [0.25, 0.3) is 0 Å². The van der Waals surface area contributed by atoms with Crippen molar-refractivity contribution in [2.75, 3.05) is 5.32 Å². The topological polar surface area (TPSA) is 49.3 Å². The normalized spacial score (nSPS) is 10.3. The van der Waals surface area contributed by atoms with Gasteiger partial charge in [-0.2, -0.15) is 0 Å². The van der Waals surface area contributed by atoms with Crippen LogP contribution >= 0.6 is 27.5 Å². The van der Waals surface area contributed by atoms with E-state index in [0.717, 1.165) is 5.56 Å². The van der Waals surface area contributed by atoms with E-state index in [0.29, 0.717) is 10.2 Å². The number of anilines is 1. The number of aromatic hydroxyl groups is 1. The van der Waals surface area contributed by atoms with Crippen LogP contribution in [0.15, 0.2) is 40.9 Å². The number of rotatable bonds is 2. The number of phenolic OH excluding ortho intramolecular Hbond substituents is 1. The average Bonchev–Trinajstić information content (AvgIpc) is 2.36. The molecule has 0 atom stereocenters. The molecule has 1 amide bonds. The molecule has 0 heterocycles. The Morgan fingerprint density at radius 2 is 1.89 bits per heavy atom. The molecule has 0 saturated carbocycles. The summed E-state index contributed by atoms with van der Waals surface area (Å²) >= 11 is 9.06. The number of nitrogens with one attached hydrogen (secondary N) is 1. The van der Waals surface area contributed by atoms with E-state index < -0.39 is 5.91 Å². The van der Waals surface area contributed by atoms with E-state index in [2.05, 4.69) is 21.2 Å². The van der Waals surface area contributed by atoms with Gasteiger partial charge in [0.1, 0.15) is 5.75 Å². The lowest BCUT2D eigenvalue weighted by molar-refractivity contribution is 0.102. The number of carbonyl (C=O) groups is 1. The van der Waals surface area contributed by atoms with Crippen LogP contribution in [0.3, 0.4) is 0 Å². The van der Waals surface area contributed by atoms with E-state index in [1.165, 1.54) is 12.1 Å². The summed E-state index contributed by atoms with van der Waals surface area (Å²) < 4.78 is 0.629. The predicted molar refractivity (Wildman–Crippen MR) is 79.9 cm³/mol. The van der Waals surface area contributed by atoms with Crippen LogP contribution in [0, 0.1) is 6.92 Å². The Kier molecular flexibility index (Phi) is 4.12. The highest BCUT2D eigenvalue weighted by Gasteiger charge is 2.15. The highest BCUT2D eigenvalue weighted by Crippen LogP contribution is 2.31. The maximum Gasteiger partial charge on any atom is 0.259 e. The fourth-order valence-electron chi connectivity index (χ4n) is 1.57. The minimum atomic E-state index is -0.412. The molecule has 0 aliphatic heterocycles. The molecule has 2 rings (SSSR count). The zero-order valence-corrected chi connectivity index (χ0v) is 12.4. The molecule has 0 aliphatic rings. The van der Waals surface area contributed by atoms with E-state index in [9.17, 15) is 9.90 Å². The fourth-order valence-corrected chi connectivity index (χ4v) is 2.38. The molecule has 0 radical (unpaired) electrons. The smallest absolute Gasteiger partial charge is 0.259 e. The first-order valence-electron chi connectivity index (χ1n) is 5.53. The van der Waals surface area contributed by atoms with Crippen molar-refractivity contribution in [3.05, 3.63) is 57.0 Å². The monoisotopic (exact) mass is 339 g/mol. The predicted octanol–water partition coefficient (Wildman–Crippen LogP) is 4.37. The zero-order valence-electron chi connectivity index (χ0n) is 10.1. The quantitative estimate of drug-likeness (QED) is 0.853. The van der Waals surface area contributed by atoms with Crippen molar-refractivity contribution in [1.29, 1.82) is 0 Å². The lowest BCUT2D eigenvalue weighted by Crippen LogP contribution is -2.12. The first-order valence-corrected chi connectivity index (χ1v) is 6.70. The van der Waals surface area contributed by atoms with E-state index in [1.807, 2.05) is 19.1 Å². The Balaban J connectivity index is 2.27. The number of carbonyl (C=O) groups excluding carboxylic acids is 1. The summed E-state index contributed by atoms with van der Waals surface area (Å²) in [6.07, 6.45) is 0. The molecule has 5 heteroatoms. The Bertz CT molecular complexity index is 626. The second-order valence-electron chi connectivity index (χ2n) is 4.10. The SMILES string of the molecule is Cc1ccc(NC(=O)c2cc(Br)cc(Cl)c2O)cc1. The summed E-state index contributed by atoms with van der Waals surface area (Å²) in [6.45, 7) is 1.96. The van der Waals surface area contributed by atoms with Crippen LogP contribution in [-0.2, 0) is 0 Å². The van der Waals surface area contributed by atoms with Gasteiger partial charge in [-0.3, -0.25) is 4.79 Å². The number of amides is 1. The molecule has 0 aliphatic carbocycles. The number of phenols is 1. The Morgan fingerprint density at radius 3 is 2.53 bits per heavy atom. The molecule has 3 nitrogen and oxygen atoms in total. The number of hydrogen-bond donors (Lipinski definition) is 2. The summed E-state index contributed by atoms with van der Waals surface area (Å²) in [5.41, 5.74) is 1.89. The van der Waals surface area contributed by atoms with Gasteiger partial charge in [0.25, 0.3) is 5.91 Å². The number of hydrogen-bond acceptors (Lipinski definition) is 2. The molecule has 2 N–H and O–H groups in total. The first-order chi connectivity index (χ1) is 8.97. The van der Waals surface area contributed by atoms with Gasteiger partial charge in [-0.05, 0) is 31.2 Å². The van der Waals surface area contributed by atoms with Crippen LogP contribution in [0.4, 0.5) is 5.69 Å². The van der Waals surface area contributed by atoms with Crippen molar-refractivity contribution in [3.63, 3.8) is 0 Å². The molecule has 2 aromatic rings. The van der Waals surface area contributed by atoms with Crippen LogP contribution < -0.4 is 5.32 Å². The molecule has 0 aromatic heterocycles. The molecular formula is C14H11BrClNO2. The van der Waals surface area contributed by atoms with Gasteiger partial charge >= 0.3 is 0 Å². The lowest BCUT2D eigenvalue weighted by Gasteiger charge is -2.08. The summed E-state index contributed by atoms with van der Waals surface area (Å²) in [6, 6.07) is 10.4. The van der Waals surface area contributed by atoms with E-state index in [-0.39, 0.29) is 16.3 Å². The van der Waals surface area contributed by atoms with Crippen molar-refractivity contribution < 1.29 is 9.90 Å². The second kappa shape index (κ2) is 5.63. The summed E-state index contributed by atoms with van der Waals surface area (Å²) in [5, 5.41) is 12.6. The van der Waals surface area contributed by atoms with Gasteiger partial charge in [-0.1, -0.05) is 45.2 Å². The van der Waals surface area contributed by atoms with Gasteiger partial charge in [0.15, 0.2) is 0 Å². The Hall–Kier alpha value is -1.52. The summed E-state index contributed by atoms with van der Waals surface area (Å²) in [4.78, 5) is 12.1. The van der Waals surface area contributed by atoms with Gasteiger partial charge in [-0.15, -0.1) is 0 Å². The van der Waals surface area contributed by atoms with Crippen LogP contribution in [0.1, 0.15) is 15.9 Å². The molecule has 0 fully saturated rings. The minimum absolute atomic E-state index is 0.125. The van der Waals surface area contributed by atoms with Crippen molar-refractivity contribution in [2.24, 2.45) is 0 Å². The number of aryl methyl sites for hydroxylation is 1. The van der Waals surface area contributed by atoms with Gasteiger partial charge in [0, 0.05) is 10.2 Å². The Morgan fingerprint density at radius 1 is 1.26 bits per heavy atom. The standard InChI is InChI=1S/C14H11BrClNO2/c1-8-2-4-10(5-3-8)17-14(19)11-6-9(15)7-12(16)13(11)18/h2-7,18H,1H3,(H,17,19). The van der Waals surface area contributed by atoms with Crippen LogP contribution in [0.2, 0.25) is 5.02 Å². The third-order valence-corrected chi connectivity index (χ3v) is 3.33. The summed E-state index contributed by atoms with van der Waals surface area (Å²) in [7, 11) is 0. The zero-order chi connectivity index (χ0) is 14.0. The number of benzene rings is 2. The van der Waals surface area contributed by atoms with Gasteiger partial charge in [0.2, 0.25) is 0 Å². The molecule has 0 unspecified atom stereocenters. The molecule has 2 aromatic carbocycles. The number of halogens is 2. The molecular weight excluding hydrogens is 330 g/mol. The van der Waals surface area contributed by atoms with E-state index in [4.69, 9.17) is 11.6 Å². The molecule has 0 spiro atoms. The van der Waals surface area contributed by atoms with Crippen molar-refractivity contribution in [1.82, 2.24) is 0 Å². The van der Waals surface area contributed by atoms with Crippen LogP contribution in [-0.4, -0.2) is 11.0 Å². The second-order valence-corrected chi connectivity index (χ2v) is 5.43. The highest BCUT2D eigenvalue weighted by atomic mass is 79.9. The summed E-state index contributed by atoms with van der Waals surface area (Å²) in [5.74, 6) is -0.640. The Labute approximate surface area is 124 Å². The highest BCUT2D eigenvalue weighted by molar-refractivity contribution is 9.10. The maximum atomic E-state index is 12.1. The van der Waals surface area contributed by atoms with E-state index in [1.54, 1.807) is 12.1 Å². The van der Waals surface area contributed by atoms with Crippen molar-refractivity contribution in [3.8, 4) is 5.75 Å². The average molecular weight is 341 g/mol. The van der Waals surface area contributed by atoms with Crippen molar-refractivity contribution >= 4 is 39.1 Å². The molecule has 98 valence electrons. The molecule has 0 saturated heterocycles. The van der Waals surface area contributed by atoms with Gasteiger partial charge < -0.3 is 10.4 Å². The first kappa shape index (κ1) is 13.9. The van der Waals surface area contributed by atoms with E-state index >= 15 is 0 Å². The molecule has 0 bridgehead atoms. The third kappa shape index (κ3) is 3.28. The fraction of sp³-hybridized carbons (Fsp3) is 0.0714. The van der Waals surface area contributed by atoms with Crippen LogP contribution in [0.5, 0.6) is 5.75 Å². The third-order valence-electron chi connectivity index (χ3n) is 2.58. The van der Waals surface area contributed by atoms with Crippen molar-refractivity contribution in [2.45, 2.75) is 6.92 Å². The van der Waals surface area contributed by atoms with Gasteiger partial charge in [0.05, 0.1) is 10.6 Å². The largest absolute Gasteiger partial charge is 0.506 e. The minimum Gasteiger partial charge on any atom is -0.506 e.